The lowest BCUT2D eigenvalue weighted by Crippen LogP contribution is -2.20. The summed E-state index contributed by atoms with van der Waals surface area (Å²) in [4.78, 5) is 26.3. The largest absolute Gasteiger partial charge is 0.465 e. The summed E-state index contributed by atoms with van der Waals surface area (Å²) in [5, 5.41) is 0.969. The minimum absolute atomic E-state index is 0.177. The Kier molecular flexibility index (Phi) is 9.25. The number of hydrogen-bond acceptors (Lipinski definition) is 6. The van der Waals surface area contributed by atoms with Gasteiger partial charge in [-0.3, -0.25) is 9.78 Å². The van der Waals surface area contributed by atoms with E-state index in [0.29, 0.717) is 29.3 Å². The second kappa shape index (κ2) is 13.0. The Morgan fingerprint density at radius 2 is 1.73 bits per heavy atom. The third kappa shape index (κ3) is 7.50. The molecule has 0 saturated carbocycles. The van der Waals surface area contributed by atoms with Crippen molar-refractivity contribution in [2.45, 2.75) is 62.8 Å². The molecule has 5 rings (SSSR count). The maximum atomic E-state index is 13.6. The number of rotatable bonds is 9. The number of aromatic nitrogens is 3. The van der Waals surface area contributed by atoms with Gasteiger partial charge in [-0.2, -0.15) is 13.2 Å². The van der Waals surface area contributed by atoms with Crippen LogP contribution in [0.25, 0.3) is 22.2 Å². The molecule has 2 aromatic carbocycles. The molecule has 0 bridgehead atoms. The van der Waals surface area contributed by atoms with E-state index in [2.05, 4.69) is 35.7 Å². The molecule has 0 aliphatic carbocycles. The fourth-order valence-electron chi connectivity index (χ4n) is 5.04. The van der Waals surface area contributed by atoms with Gasteiger partial charge in [0.15, 0.2) is 0 Å². The average Bonchev–Trinajstić information content (AvgIpc) is 3.35. The second-order valence-electron chi connectivity index (χ2n) is 11.6. The van der Waals surface area contributed by atoms with Crippen LogP contribution < -0.4 is 4.74 Å². The molecule has 10 heteroatoms. The highest BCUT2D eigenvalue weighted by Gasteiger charge is 2.32. The Labute approximate surface area is 264 Å². The normalized spacial score (nSPS) is 12.7. The Morgan fingerprint density at radius 3 is 2.33 bits per heavy atom. The van der Waals surface area contributed by atoms with E-state index < -0.39 is 17.7 Å². The topological polar surface area (TPSA) is 77.1 Å². The lowest BCUT2D eigenvalue weighted by molar-refractivity contribution is -0.145. The van der Waals surface area contributed by atoms with Crippen LogP contribution in [0.3, 0.4) is 0 Å². The fourth-order valence-corrected chi connectivity index (χ4v) is 6.32. The number of aromatic amines is 1. The van der Waals surface area contributed by atoms with Crippen molar-refractivity contribution in [3.63, 3.8) is 0 Å². The minimum Gasteiger partial charge on any atom is -0.465 e. The Morgan fingerprint density at radius 1 is 0.978 bits per heavy atom. The number of carbonyl (C=O) groups excluding carboxylic acids is 1. The first kappa shape index (κ1) is 32.1. The van der Waals surface area contributed by atoms with Gasteiger partial charge in [-0.1, -0.05) is 51.1 Å². The Hall–Kier alpha value is -4.31. The van der Waals surface area contributed by atoms with Crippen LogP contribution in [0.4, 0.5) is 13.2 Å². The Balaban J connectivity index is 1.53. The summed E-state index contributed by atoms with van der Waals surface area (Å²) < 4.78 is 50.5. The molecule has 0 aliphatic rings. The van der Waals surface area contributed by atoms with Crippen LogP contribution in [-0.2, 0) is 22.1 Å². The van der Waals surface area contributed by atoms with Gasteiger partial charge in [-0.25, -0.2) is 4.98 Å². The molecule has 6 nitrogen and oxygen atoms in total. The molecule has 1 N–H and O–H groups in total. The van der Waals surface area contributed by atoms with E-state index in [1.54, 1.807) is 43.1 Å². The summed E-state index contributed by atoms with van der Waals surface area (Å²) >= 11 is 1.67. The van der Waals surface area contributed by atoms with Gasteiger partial charge in [0.1, 0.15) is 11.7 Å². The standard InChI is InChI=1S/C35H34F3N3O3S/c1-6-43-33(42)25(19-22-10-12-23(13-11-22)26-15-14-24(20-40-26)35(36,37)38)31-32(45-34(3,4)5)30-21(2)28(17-16-27(30)41-31)44-29-9-7-8-18-39-29/h7-18,20,25,41H,6,19H2,1-5H3. The predicted octanol–water partition coefficient (Wildman–Crippen LogP) is 9.52. The SMILES string of the molecule is CCOC(=O)C(Cc1ccc(-c2ccc(C(F)(F)F)cn2)cc1)c1[nH]c2ccc(Oc3ccccn3)c(C)c2c1SC(C)(C)C. The minimum atomic E-state index is -4.45. The molecule has 0 radical (unpaired) electrons. The molecule has 234 valence electrons. The van der Waals surface area contributed by atoms with Crippen LogP contribution in [0.2, 0.25) is 0 Å². The van der Waals surface area contributed by atoms with Crippen molar-refractivity contribution in [3.8, 4) is 22.9 Å². The summed E-state index contributed by atoms with van der Waals surface area (Å²) in [6.45, 7) is 10.4. The monoisotopic (exact) mass is 633 g/mol. The zero-order valence-corrected chi connectivity index (χ0v) is 26.5. The van der Waals surface area contributed by atoms with Crippen LogP contribution in [0.1, 0.15) is 56.0 Å². The summed E-state index contributed by atoms with van der Waals surface area (Å²) in [5.74, 6) is 0.162. The number of nitrogens with one attached hydrogen (secondary N) is 1. The van der Waals surface area contributed by atoms with Crippen LogP contribution >= 0.6 is 11.8 Å². The van der Waals surface area contributed by atoms with E-state index in [9.17, 15) is 18.0 Å². The molecule has 0 amide bonds. The van der Waals surface area contributed by atoms with Gasteiger partial charge in [0.2, 0.25) is 5.88 Å². The number of benzene rings is 2. The van der Waals surface area contributed by atoms with Crippen molar-refractivity contribution in [3.05, 3.63) is 102 Å². The van der Waals surface area contributed by atoms with Crippen molar-refractivity contribution < 1.29 is 27.4 Å². The zero-order chi connectivity index (χ0) is 32.4. The highest BCUT2D eigenvalue weighted by atomic mass is 32.2. The van der Waals surface area contributed by atoms with E-state index >= 15 is 0 Å². The third-order valence-corrected chi connectivity index (χ3v) is 8.36. The van der Waals surface area contributed by atoms with E-state index in [0.717, 1.165) is 44.9 Å². The number of pyridine rings is 2. The number of thioether (sulfide) groups is 1. The summed E-state index contributed by atoms with van der Waals surface area (Å²) in [7, 11) is 0. The van der Waals surface area contributed by atoms with E-state index in [-0.39, 0.29) is 17.3 Å². The van der Waals surface area contributed by atoms with Gasteiger partial charge in [0.25, 0.3) is 0 Å². The maximum Gasteiger partial charge on any atom is 0.417 e. The molecule has 1 atom stereocenters. The van der Waals surface area contributed by atoms with Crippen LogP contribution in [0, 0.1) is 6.92 Å². The number of carbonyl (C=O) groups is 1. The molecule has 5 aromatic rings. The Bertz CT molecular complexity index is 1780. The molecule has 0 saturated heterocycles. The van der Waals surface area contributed by atoms with Crippen LogP contribution in [-0.4, -0.2) is 32.3 Å². The first-order chi connectivity index (χ1) is 21.3. The molecule has 3 heterocycles. The smallest absolute Gasteiger partial charge is 0.417 e. The fraction of sp³-hybridized carbons (Fsp3) is 0.286. The highest BCUT2D eigenvalue weighted by Crippen LogP contribution is 2.46. The van der Waals surface area contributed by atoms with Crippen molar-refractivity contribution in [1.82, 2.24) is 15.0 Å². The summed E-state index contributed by atoms with van der Waals surface area (Å²) in [6, 6.07) is 19.0. The molecular formula is C35H34F3N3O3S. The number of fused-ring (bicyclic) bond motifs is 1. The van der Waals surface area contributed by atoms with Gasteiger partial charge in [-0.15, -0.1) is 11.8 Å². The number of alkyl halides is 3. The van der Waals surface area contributed by atoms with Gasteiger partial charge in [-0.05, 0) is 56.2 Å². The lowest BCUT2D eigenvalue weighted by atomic mass is 9.94. The van der Waals surface area contributed by atoms with Crippen molar-refractivity contribution in [1.29, 1.82) is 0 Å². The number of halogens is 3. The van der Waals surface area contributed by atoms with E-state index in [1.165, 1.54) is 6.07 Å². The molecule has 45 heavy (non-hydrogen) atoms. The van der Waals surface area contributed by atoms with Crippen molar-refractivity contribution in [2.75, 3.05) is 6.61 Å². The predicted molar refractivity (Wildman–Crippen MR) is 171 cm³/mol. The van der Waals surface area contributed by atoms with E-state index in [4.69, 9.17) is 9.47 Å². The highest BCUT2D eigenvalue weighted by molar-refractivity contribution is 8.00. The number of H-pyrrole nitrogens is 1. The second-order valence-corrected chi connectivity index (χ2v) is 13.4. The molecule has 0 spiro atoms. The molecular weight excluding hydrogens is 599 g/mol. The lowest BCUT2D eigenvalue weighted by Gasteiger charge is -2.22. The van der Waals surface area contributed by atoms with Crippen LogP contribution in [0.5, 0.6) is 11.6 Å². The van der Waals surface area contributed by atoms with Crippen molar-refractivity contribution in [2.24, 2.45) is 0 Å². The van der Waals surface area contributed by atoms with Crippen molar-refractivity contribution >= 4 is 28.6 Å². The zero-order valence-electron chi connectivity index (χ0n) is 25.7. The number of ether oxygens (including phenoxy) is 2. The molecule has 0 aliphatic heterocycles. The van der Waals surface area contributed by atoms with Gasteiger partial charge >= 0.3 is 12.1 Å². The maximum absolute atomic E-state index is 13.6. The number of hydrogen-bond donors (Lipinski definition) is 1. The quantitative estimate of drug-likeness (QED) is 0.129. The van der Waals surface area contributed by atoms with Gasteiger partial charge < -0.3 is 14.5 Å². The average molecular weight is 634 g/mol. The third-order valence-electron chi connectivity index (χ3n) is 7.12. The number of nitrogens with zero attached hydrogens (tertiary/aromatic N) is 2. The molecule has 3 aromatic heterocycles. The molecule has 0 fully saturated rings. The number of aryl methyl sites for hydroxylation is 1. The summed E-state index contributed by atoms with van der Waals surface area (Å²) in [6.07, 6.45) is -1.59. The number of esters is 1. The van der Waals surface area contributed by atoms with Crippen LogP contribution in [0.15, 0.2) is 84.0 Å². The van der Waals surface area contributed by atoms with Gasteiger partial charge in [0, 0.05) is 55.8 Å². The first-order valence-corrected chi connectivity index (χ1v) is 15.4. The summed E-state index contributed by atoms with van der Waals surface area (Å²) in [5.41, 5.74) is 3.72. The van der Waals surface area contributed by atoms with Gasteiger partial charge in [0.05, 0.1) is 17.9 Å². The first-order valence-electron chi connectivity index (χ1n) is 14.6. The molecule has 1 unspecified atom stereocenters. The van der Waals surface area contributed by atoms with E-state index in [1.807, 2.05) is 43.3 Å².